The Morgan fingerprint density at radius 1 is 1.11 bits per heavy atom. The molecule has 0 aliphatic heterocycles. The van der Waals surface area contributed by atoms with Crippen molar-refractivity contribution in [2.24, 2.45) is 0 Å². The number of pyridine rings is 1. The molecule has 0 aliphatic rings. The van der Waals surface area contributed by atoms with E-state index in [1.54, 1.807) is 42.3 Å². The molecule has 7 nitrogen and oxygen atoms in total. The summed E-state index contributed by atoms with van der Waals surface area (Å²) in [4.78, 5) is 42.0. The molecule has 0 radical (unpaired) electrons. The topological polar surface area (TPSA) is 88.6 Å². The third kappa shape index (κ3) is 5.37. The summed E-state index contributed by atoms with van der Waals surface area (Å²) in [7, 11) is 3.04. The number of ether oxygens (including phenoxy) is 1. The average molecular weight is 369 g/mol. The molecule has 7 heteroatoms. The molecule has 2 aromatic rings. The molecular weight excluding hydrogens is 346 g/mol. The van der Waals surface area contributed by atoms with Gasteiger partial charge in [0.1, 0.15) is 5.69 Å². The van der Waals surface area contributed by atoms with Crippen LogP contribution >= 0.6 is 0 Å². The quantitative estimate of drug-likeness (QED) is 0.758. The minimum Gasteiger partial charge on any atom is -0.465 e. The third-order valence-corrected chi connectivity index (χ3v) is 4.00. The number of methoxy groups -OCH3 is 1. The predicted molar refractivity (Wildman–Crippen MR) is 102 cm³/mol. The van der Waals surface area contributed by atoms with Crippen LogP contribution in [-0.4, -0.2) is 48.4 Å². The van der Waals surface area contributed by atoms with E-state index in [1.165, 1.54) is 19.4 Å². The second-order valence-corrected chi connectivity index (χ2v) is 6.03. The Morgan fingerprint density at radius 3 is 2.44 bits per heavy atom. The zero-order chi connectivity index (χ0) is 19.8. The second-order valence-electron chi connectivity index (χ2n) is 6.03. The van der Waals surface area contributed by atoms with Crippen LogP contribution in [0.15, 0.2) is 42.6 Å². The van der Waals surface area contributed by atoms with E-state index in [0.29, 0.717) is 23.4 Å². The van der Waals surface area contributed by atoms with Gasteiger partial charge in [0.15, 0.2) is 0 Å². The standard InChI is InChI=1S/C20H23N3O4/c1-4-5-12-23(2)19(25)15-10-11-21-17(13-15)18(24)22-16-8-6-14(7-9-16)20(26)27-3/h6-11,13H,4-5,12H2,1-3H3,(H,22,24). The third-order valence-electron chi connectivity index (χ3n) is 4.00. The summed E-state index contributed by atoms with van der Waals surface area (Å²) in [6.45, 7) is 2.72. The zero-order valence-corrected chi connectivity index (χ0v) is 15.7. The minimum absolute atomic E-state index is 0.141. The maximum absolute atomic E-state index is 12.4. The number of aromatic nitrogens is 1. The molecule has 2 rings (SSSR count). The van der Waals surface area contributed by atoms with E-state index in [1.807, 2.05) is 0 Å². The first-order valence-electron chi connectivity index (χ1n) is 8.67. The van der Waals surface area contributed by atoms with Gasteiger partial charge in [0, 0.05) is 31.0 Å². The van der Waals surface area contributed by atoms with E-state index in [0.717, 1.165) is 12.8 Å². The largest absolute Gasteiger partial charge is 0.465 e. The van der Waals surface area contributed by atoms with Crippen LogP contribution < -0.4 is 5.32 Å². The van der Waals surface area contributed by atoms with Crippen molar-refractivity contribution < 1.29 is 19.1 Å². The van der Waals surface area contributed by atoms with Gasteiger partial charge in [-0.05, 0) is 42.8 Å². The molecule has 0 bridgehead atoms. The lowest BCUT2D eigenvalue weighted by Gasteiger charge is -2.16. The summed E-state index contributed by atoms with van der Waals surface area (Å²) in [5.74, 6) is -1.04. The number of carbonyl (C=O) groups is 3. The Bertz CT molecular complexity index is 818. The Hall–Kier alpha value is -3.22. The number of nitrogens with zero attached hydrogens (tertiary/aromatic N) is 2. The van der Waals surface area contributed by atoms with Crippen molar-refractivity contribution in [1.82, 2.24) is 9.88 Å². The van der Waals surface area contributed by atoms with Crippen molar-refractivity contribution >= 4 is 23.5 Å². The van der Waals surface area contributed by atoms with Gasteiger partial charge in [-0.3, -0.25) is 14.6 Å². The van der Waals surface area contributed by atoms with E-state index in [2.05, 4.69) is 22.0 Å². The van der Waals surface area contributed by atoms with E-state index in [9.17, 15) is 14.4 Å². The molecular formula is C20H23N3O4. The lowest BCUT2D eigenvalue weighted by atomic mass is 10.1. The van der Waals surface area contributed by atoms with Gasteiger partial charge in [0.25, 0.3) is 11.8 Å². The monoisotopic (exact) mass is 369 g/mol. The number of benzene rings is 1. The molecule has 0 unspecified atom stereocenters. The van der Waals surface area contributed by atoms with Crippen LogP contribution in [0.25, 0.3) is 0 Å². The van der Waals surface area contributed by atoms with Crippen molar-refractivity contribution in [3.63, 3.8) is 0 Å². The van der Waals surface area contributed by atoms with E-state index >= 15 is 0 Å². The fourth-order valence-electron chi connectivity index (χ4n) is 2.41. The van der Waals surface area contributed by atoms with Gasteiger partial charge in [-0.2, -0.15) is 0 Å². The van der Waals surface area contributed by atoms with Gasteiger partial charge in [-0.25, -0.2) is 4.79 Å². The number of rotatable bonds is 7. The summed E-state index contributed by atoms with van der Waals surface area (Å²) in [6, 6.07) is 9.36. The first-order chi connectivity index (χ1) is 13.0. The van der Waals surface area contributed by atoms with Gasteiger partial charge in [-0.1, -0.05) is 13.3 Å². The first kappa shape index (κ1) is 20.1. The fourth-order valence-corrected chi connectivity index (χ4v) is 2.41. The summed E-state index contributed by atoms with van der Waals surface area (Å²) in [6.07, 6.45) is 3.36. The highest BCUT2D eigenvalue weighted by Gasteiger charge is 2.15. The lowest BCUT2D eigenvalue weighted by molar-refractivity contribution is 0.0600. The van der Waals surface area contributed by atoms with Crippen LogP contribution in [0.3, 0.4) is 0 Å². The Balaban J connectivity index is 2.08. The molecule has 27 heavy (non-hydrogen) atoms. The maximum atomic E-state index is 12.4. The summed E-state index contributed by atoms with van der Waals surface area (Å²) < 4.78 is 4.63. The predicted octanol–water partition coefficient (Wildman–Crippen LogP) is 2.99. The molecule has 1 N–H and O–H groups in total. The van der Waals surface area contributed by atoms with Crippen molar-refractivity contribution in [3.8, 4) is 0 Å². The number of hydrogen-bond acceptors (Lipinski definition) is 5. The van der Waals surface area contributed by atoms with Gasteiger partial charge >= 0.3 is 5.97 Å². The molecule has 0 spiro atoms. The number of anilines is 1. The van der Waals surface area contributed by atoms with E-state index in [-0.39, 0.29) is 11.6 Å². The molecule has 2 amide bonds. The van der Waals surface area contributed by atoms with E-state index in [4.69, 9.17) is 0 Å². The summed E-state index contributed by atoms with van der Waals surface area (Å²) in [5, 5.41) is 2.69. The fraction of sp³-hybridized carbons (Fsp3) is 0.300. The number of hydrogen-bond donors (Lipinski definition) is 1. The van der Waals surface area contributed by atoms with Crippen molar-refractivity contribution in [3.05, 3.63) is 59.4 Å². The molecule has 0 saturated heterocycles. The van der Waals surface area contributed by atoms with Gasteiger partial charge in [-0.15, -0.1) is 0 Å². The van der Waals surface area contributed by atoms with Crippen molar-refractivity contribution in [1.29, 1.82) is 0 Å². The summed E-state index contributed by atoms with van der Waals surface area (Å²) in [5.41, 5.74) is 1.44. The SMILES string of the molecule is CCCCN(C)C(=O)c1ccnc(C(=O)Nc2ccc(C(=O)OC)cc2)c1. The van der Waals surface area contributed by atoms with Crippen molar-refractivity contribution in [2.75, 3.05) is 26.0 Å². The van der Waals surface area contributed by atoms with Gasteiger partial charge < -0.3 is 15.0 Å². The van der Waals surface area contributed by atoms with Crippen LogP contribution in [0.2, 0.25) is 0 Å². The highest BCUT2D eigenvalue weighted by atomic mass is 16.5. The first-order valence-corrected chi connectivity index (χ1v) is 8.67. The Morgan fingerprint density at radius 2 is 1.81 bits per heavy atom. The second kappa shape index (κ2) is 9.47. The molecule has 1 aromatic heterocycles. The summed E-state index contributed by atoms with van der Waals surface area (Å²) >= 11 is 0. The number of carbonyl (C=O) groups excluding carboxylic acids is 3. The molecule has 0 aliphatic carbocycles. The van der Waals surface area contributed by atoms with Gasteiger partial charge in [0.2, 0.25) is 0 Å². The number of unbranched alkanes of at least 4 members (excludes halogenated alkanes) is 1. The van der Waals surface area contributed by atoms with E-state index < -0.39 is 11.9 Å². The molecule has 0 fully saturated rings. The van der Waals surface area contributed by atoms with Crippen molar-refractivity contribution in [2.45, 2.75) is 19.8 Å². The zero-order valence-electron chi connectivity index (χ0n) is 15.7. The highest BCUT2D eigenvalue weighted by Crippen LogP contribution is 2.13. The highest BCUT2D eigenvalue weighted by molar-refractivity contribution is 6.05. The van der Waals surface area contributed by atoms with Crippen LogP contribution in [0.1, 0.15) is 51.0 Å². The van der Waals surface area contributed by atoms with Crippen LogP contribution in [0.4, 0.5) is 5.69 Å². The lowest BCUT2D eigenvalue weighted by Crippen LogP contribution is -2.28. The normalized spacial score (nSPS) is 10.2. The minimum atomic E-state index is -0.451. The molecule has 1 heterocycles. The number of esters is 1. The van der Waals surface area contributed by atoms with Crippen LogP contribution in [0.5, 0.6) is 0 Å². The average Bonchev–Trinajstić information content (AvgIpc) is 2.71. The van der Waals surface area contributed by atoms with Crippen LogP contribution in [0, 0.1) is 0 Å². The van der Waals surface area contributed by atoms with Gasteiger partial charge in [0.05, 0.1) is 12.7 Å². The smallest absolute Gasteiger partial charge is 0.337 e. The molecule has 1 aromatic carbocycles. The Kier molecular flexibility index (Phi) is 7.05. The number of nitrogens with one attached hydrogen (secondary N) is 1. The molecule has 0 atom stereocenters. The maximum Gasteiger partial charge on any atom is 0.337 e. The molecule has 142 valence electrons. The van der Waals surface area contributed by atoms with Crippen LogP contribution in [-0.2, 0) is 4.74 Å². The number of amides is 2. The Labute approximate surface area is 158 Å². The molecule has 0 saturated carbocycles.